The van der Waals surface area contributed by atoms with Crippen molar-refractivity contribution in [3.63, 3.8) is 0 Å². The van der Waals surface area contributed by atoms with Gasteiger partial charge in [-0.3, -0.25) is 19.2 Å². The maximum Gasteiger partial charge on any atom is 0.295 e. The molecule has 1 fully saturated rings. The Morgan fingerprint density at radius 2 is 1.66 bits per heavy atom. The molecule has 6 heteroatoms. The van der Waals surface area contributed by atoms with E-state index >= 15 is 0 Å². The van der Waals surface area contributed by atoms with Gasteiger partial charge in [0.1, 0.15) is 11.1 Å². The molecule has 150 valence electrons. The highest BCUT2D eigenvalue weighted by Crippen LogP contribution is 2.45. The van der Waals surface area contributed by atoms with Gasteiger partial charge in [0.2, 0.25) is 5.91 Å². The number of amides is 1. The second-order valence-corrected chi connectivity index (χ2v) is 8.77. The summed E-state index contributed by atoms with van der Waals surface area (Å²) in [6.45, 7) is 5.93. The predicted octanol–water partition coefficient (Wildman–Crippen LogP) is 4.21. The Morgan fingerprint density at radius 1 is 1.00 bits per heavy atom. The molecule has 0 aliphatic carbocycles. The minimum absolute atomic E-state index is 0.0226. The third-order valence-electron chi connectivity index (χ3n) is 5.59. The van der Waals surface area contributed by atoms with E-state index in [0.29, 0.717) is 5.69 Å². The molecule has 1 amide bonds. The SMILES string of the molecule is CCc1ccc([C@H]2S[C@@H](C)C(=O)N2c2c(C)n(C)n(-c3ccccc3)c2=O)cc1. The lowest BCUT2D eigenvalue weighted by atomic mass is 10.1. The number of nitrogens with zero attached hydrogens (tertiary/aromatic N) is 3. The Bertz CT molecular complexity index is 1100. The van der Waals surface area contributed by atoms with Crippen LogP contribution in [-0.4, -0.2) is 20.5 Å². The number of aromatic nitrogens is 2. The first kappa shape index (κ1) is 19.6. The molecule has 1 aliphatic heterocycles. The summed E-state index contributed by atoms with van der Waals surface area (Å²) in [5.74, 6) is -0.0226. The van der Waals surface area contributed by atoms with Crippen LogP contribution >= 0.6 is 11.8 Å². The van der Waals surface area contributed by atoms with Gasteiger partial charge in [-0.25, -0.2) is 4.68 Å². The number of aryl methyl sites for hydroxylation is 1. The monoisotopic (exact) mass is 407 g/mol. The van der Waals surface area contributed by atoms with Crippen LogP contribution < -0.4 is 10.5 Å². The summed E-state index contributed by atoms with van der Waals surface area (Å²) in [6, 6.07) is 17.9. The van der Waals surface area contributed by atoms with Crippen LogP contribution in [0.4, 0.5) is 5.69 Å². The molecule has 2 heterocycles. The highest BCUT2D eigenvalue weighted by molar-refractivity contribution is 8.01. The Hall–Kier alpha value is -2.73. The van der Waals surface area contributed by atoms with Gasteiger partial charge < -0.3 is 0 Å². The minimum Gasteiger partial charge on any atom is -0.288 e. The van der Waals surface area contributed by atoms with Gasteiger partial charge in [0.25, 0.3) is 5.56 Å². The van der Waals surface area contributed by atoms with Gasteiger partial charge >= 0.3 is 0 Å². The Balaban J connectivity index is 1.85. The average molecular weight is 408 g/mol. The smallest absolute Gasteiger partial charge is 0.288 e. The van der Waals surface area contributed by atoms with Crippen LogP contribution in [0.5, 0.6) is 0 Å². The van der Waals surface area contributed by atoms with E-state index in [4.69, 9.17) is 0 Å². The first-order chi connectivity index (χ1) is 13.9. The van der Waals surface area contributed by atoms with Crippen LogP contribution in [-0.2, 0) is 18.3 Å². The molecule has 0 bridgehead atoms. The number of para-hydroxylation sites is 1. The number of benzene rings is 2. The van der Waals surface area contributed by atoms with E-state index in [1.807, 2.05) is 55.9 Å². The van der Waals surface area contributed by atoms with E-state index in [2.05, 4.69) is 31.2 Å². The van der Waals surface area contributed by atoms with Crippen LogP contribution in [0.1, 0.15) is 36.0 Å². The lowest BCUT2D eigenvalue weighted by Crippen LogP contribution is -2.34. The Labute approximate surface area is 174 Å². The minimum atomic E-state index is -0.207. The molecule has 4 rings (SSSR count). The van der Waals surface area contributed by atoms with Gasteiger partial charge in [-0.05, 0) is 43.5 Å². The fraction of sp³-hybridized carbons (Fsp3) is 0.304. The molecule has 0 N–H and O–H groups in total. The molecular formula is C23H25N3O2S. The van der Waals surface area contributed by atoms with Crippen LogP contribution in [0.25, 0.3) is 5.69 Å². The standard InChI is InChI=1S/C23H25N3O2S/c1-5-17-11-13-18(14-12-17)23-25(21(27)16(3)29-23)20-15(2)24(4)26(22(20)28)19-9-7-6-8-10-19/h6-14,16,23H,5H2,1-4H3/t16-,23+/m0/s1. The summed E-state index contributed by atoms with van der Waals surface area (Å²) in [5, 5.41) is -0.406. The van der Waals surface area contributed by atoms with Crippen molar-refractivity contribution in [1.29, 1.82) is 0 Å². The fourth-order valence-electron chi connectivity index (χ4n) is 3.83. The van der Waals surface area contributed by atoms with Gasteiger partial charge in [0.15, 0.2) is 0 Å². The highest BCUT2D eigenvalue weighted by atomic mass is 32.2. The van der Waals surface area contributed by atoms with E-state index in [9.17, 15) is 9.59 Å². The lowest BCUT2D eigenvalue weighted by molar-refractivity contribution is -0.117. The number of carbonyl (C=O) groups is 1. The second kappa shape index (κ2) is 7.59. The fourth-order valence-corrected chi connectivity index (χ4v) is 5.09. The number of anilines is 1. The molecule has 0 radical (unpaired) electrons. The maximum absolute atomic E-state index is 13.5. The van der Waals surface area contributed by atoms with E-state index in [0.717, 1.165) is 23.4 Å². The quantitative estimate of drug-likeness (QED) is 0.651. The third-order valence-corrected chi connectivity index (χ3v) is 6.94. The van der Waals surface area contributed by atoms with Crippen molar-refractivity contribution in [1.82, 2.24) is 9.36 Å². The molecule has 1 aliphatic rings. The van der Waals surface area contributed by atoms with E-state index in [-0.39, 0.29) is 22.1 Å². The highest BCUT2D eigenvalue weighted by Gasteiger charge is 2.42. The first-order valence-electron chi connectivity index (χ1n) is 9.85. The number of rotatable bonds is 4. The van der Waals surface area contributed by atoms with E-state index in [1.54, 1.807) is 21.3 Å². The maximum atomic E-state index is 13.5. The van der Waals surface area contributed by atoms with Crippen molar-refractivity contribution >= 4 is 23.4 Å². The van der Waals surface area contributed by atoms with E-state index in [1.165, 1.54) is 5.56 Å². The van der Waals surface area contributed by atoms with Gasteiger partial charge in [0.05, 0.1) is 16.6 Å². The Morgan fingerprint density at radius 3 is 2.28 bits per heavy atom. The molecular weight excluding hydrogens is 382 g/mol. The van der Waals surface area contributed by atoms with Gasteiger partial charge in [-0.15, -0.1) is 11.8 Å². The molecule has 1 aromatic heterocycles. The predicted molar refractivity (Wildman–Crippen MR) is 119 cm³/mol. The molecule has 2 aromatic carbocycles. The third kappa shape index (κ3) is 3.21. The van der Waals surface area contributed by atoms with Crippen LogP contribution in [0.3, 0.4) is 0 Å². The molecule has 1 saturated heterocycles. The zero-order valence-corrected chi connectivity index (χ0v) is 17.9. The molecule has 2 atom stereocenters. The zero-order valence-electron chi connectivity index (χ0n) is 17.1. The van der Waals surface area contributed by atoms with Crippen molar-refractivity contribution < 1.29 is 4.79 Å². The topological polar surface area (TPSA) is 47.2 Å². The average Bonchev–Trinajstić information content (AvgIpc) is 3.15. The van der Waals surface area contributed by atoms with Crippen molar-refractivity contribution in [2.75, 3.05) is 4.90 Å². The summed E-state index contributed by atoms with van der Waals surface area (Å²) in [6.07, 6.45) is 0.969. The Kier molecular flexibility index (Phi) is 5.13. The van der Waals surface area contributed by atoms with E-state index < -0.39 is 0 Å². The van der Waals surface area contributed by atoms with Crippen molar-refractivity contribution in [2.45, 2.75) is 37.8 Å². The van der Waals surface area contributed by atoms with Gasteiger partial charge in [-0.1, -0.05) is 49.4 Å². The van der Waals surface area contributed by atoms with Gasteiger partial charge in [0, 0.05) is 7.05 Å². The number of hydrogen-bond donors (Lipinski definition) is 0. The molecule has 5 nitrogen and oxygen atoms in total. The van der Waals surface area contributed by atoms with Crippen molar-refractivity contribution in [2.24, 2.45) is 7.05 Å². The second-order valence-electron chi connectivity index (χ2n) is 7.34. The van der Waals surface area contributed by atoms with Crippen molar-refractivity contribution in [3.05, 3.63) is 81.8 Å². The van der Waals surface area contributed by atoms with Gasteiger partial charge in [-0.2, -0.15) is 0 Å². The molecule has 3 aromatic rings. The molecule has 0 saturated carbocycles. The number of thioether (sulfide) groups is 1. The molecule has 0 unspecified atom stereocenters. The summed E-state index contributed by atoms with van der Waals surface area (Å²) in [7, 11) is 1.86. The van der Waals surface area contributed by atoms with Crippen LogP contribution in [0, 0.1) is 6.92 Å². The number of hydrogen-bond acceptors (Lipinski definition) is 3. The first-order valence-corrected chi connectivity index (χ1v) is 10.8. The largest absolute Gasteiger partial charge is 0.295 e. The summed E-state index contributed by atoms with van der Waals surface area (Å²) in [5.41, 5.74) is 4.14. The normalized spacial score (nSPS) is 19.2. The zero-order chi connectivity index (χ0) is 20.7. The summed E-state index contributed by atoms with van der Waals surface area (Å²) in [4.78, 5) is 28.3. The summed E-state index contributed by atoms with van der Waals surface area (Å²) >= 11 is 1.59. The lowest BCUT2D eigenvalue weighted by Gasteiger charge is -2.23. The van der Waals surface area contributed by atoms with Crippen LogP contribution in [0.15, 0.2) is 59.4 Å². The summed E-state index contributed by atoms with van der Waals surface area (Å²) < 4.78 is 3.45. The van der Waals surface area contributed by atoms with Crippen LogP contribution in [0.2, 0.25) is 0 Å². The van der Waals surface area contributed by atoms with Crippen molar-refractivity contribution in [3.8, 4) is 5.69 Å². The molecule has 29 heavy (non-hydrogen) atoms. The number of carbonyl (C=O) groups excluding carboxylic acids is 1. The molecule has 0 spiro atoms.